The number of rotatable bonds is 6. The number of para-hydroxylation sites is 2. The summed E-state index contributed by atoms with van der Waals surface area (Å²) in [5, 5.41) is 6.32. The molecule has 0 aliphatic rings. The van der Waals surface area contributed by atoms with Crippen molar-refractivity contribution in [3.8, 4) is 5.75 Å². The van der Waals surface area contributed by atoms with E-state index in [1.165, 1.54) is 0 Å². The average Bonchev–Trinajstić information content (AvgIpc) is 2.77. The maximum absolute atomic E-state index is 11.9. The molecule has 0 aliphatic heterocycles. The van der Waals surface area contributed by atoms with Crippen molar-refractivity contribution in [2.45, 2.75) is 6.92 Å². The van der Waals surface area contributed by atoms with Gasteiger partial charge in [-0.2, -0.15) is 5.10 Å². The Balaban J connectivity index is 1.90. The molecule has 0 radical (unpaired) electrons. The fraction of sp³-hybridized carbons (Fsp3) is 0.250. The molecule has 0 saturated carbocycles. The van der Waals surface area contributed by atoms with Crippen LogP contribution in [0.2, 0.25) is 0 Å². The van der Waals surface area contributed by atoms with Crippen LogP contribution in [0.25, 0.3) is 0 Å². The van der Waals surface area contributed by atoms with Crippen molar-refractivity contribution in [1.82, 2.24) is 10.2 Å². The van der Waals surface area contributed by atoms with Crippen LogP contribution < -0.4 is 15.2 Å². The van der Waals surface area contributed by atoms with Crippen molar-refractivity contribution >= 4 is 21.5 Å². The third-order valence-corrected chi connectivity index (χ3v) is 3.83. The van der Waals surface area contributed by atoms with Crippen LogP contribution in [0.5, 0.6) is 5.75 Å². The largest absolute Gasteiger partial charge is 0.490 e. The van der Waals surface area contributed by atoms with Gasteiger partial charge in [-0.3, -0.25) is 9.82 Å². The zero-order chi connectivity index (χ0) is 14.6. The molecule has 8 heteroatoms. The van der Waals surface area contributed by atoms with E-state index in [2.05, 4.69) is 14.9 Å². The first-order valence-corrected chi connectivity index (χ1v) is 7.61. The highest BCUT2D eigenvalue weighted by Gasteiger charge is 2.13. The molecule has 0 aliphatic carbocycles. The second-order valence-electron chi connectivity index (χ2n) is 4.24. The molecule has 0 fully saturated rings. The first-order chi connectivity index (χ1) is 9.48. The third kappa shape index (κ3) is 3.64. The second kappa shape index (κ2) is 5.83. The molecule has 1 aromatic heterocycles. The number of aromatic nitrogens is 2. The van der Waals surface area contributed by atoms with Gasteiger partial charge in [-0.15, -0.1) is 0 Å². The Hall–Kier alpha value is -2.22. The van der Waals surface area contributed by atoms with E-state index in [0.29, 0.717) is 17.3 Å². The number of hydrogen-bond donors (Lipinski definition) is 3. The zero-order valence-electron chi connectivity index (χ0n) is 11.0. The number of sulfonamides is 1. The van der Waals surface area contributed by atoms with Gasteiger partial charge in [-0.05, 0) is 19.1 Å². The van der Waals surface area contributed by atoms with Crippen molar-refractivity contribution in [2.24, 2.45) is 0 Å². The molecule has 2 rings (SSSR count). The number of aryl methyl sites for hydroxylation is 1. The summed E-state index contributed by atoms with van der Waals surface area (Å²) in [6, 6.07) is 6.93. The summed E-state index contributed by atoms with van der Waals surface area (Å²) in [5.74, 6) is 0.657. The molecule has 0 unspecified atom stereocenters. The third-order valence-electron chi connectivity index (χ3n) is 2.62. The highest BCUT2D eigenvalue weighted by Crippen LogP contribution is 2.19. The fourth-order valence-corrected chi connectivity index (χ4v) is 2.45. The van der Waals surface area contributed by atoms with E-state index in [9.17, 15) is 8.42 Å². The summed E-state index contributed by atoms with van der Waals surface area (Å²) >= 11 is 0. The first-order valence-electron chi connectivity index (χ1n) is 5.96. The highest BCUT2D eigenvalue weighted by atomic mass is 32.2. The number of nitrogen functional groups attached to an aromatic ring is 1. The minimum absolute atomic E-state index is 0.0106. The molecular weight excluding hydrogens is 280 g/mol. The summed E-state index contributed by atoms with van der Waals surface area (Å²) in [4.78, 5) is 0. The van der Waals surface area contributed by atoms with Crippen LogP contribution in [0.4, 0.5) is 11.5 Å². The molecule has 0 spiro atoms. The van der Waals surface area contributed by atoms with Gasteiger partial charge >= 0.3 is 0 Å². The van der Waals surface area contributed by atoms with Gasteiger partial charge in [0, 0.05) is 5.56 Å². The Labute approximate surface area is 117 Å². The summed E-state index contributed by atoms with van der Waals surface area (Å²) in [5.41, 5.74) is 6.89. The minimum atomic E-state index is -3.50. The number of nitrogens with two attached hydrogens (primary N) is 1. The molecule has 108 valence electrons. The summed E-state index contributed by atoms with van der Waals surface area (Å²) in [6.07, 6.45) is 1.54. The minimum Gasteiger partial charge on any atom is -0.490 e. The van der Waals surface area contributed by atoms with Crippen molar-refractivity contribution < 1.29 is 13.2 Å². The SMILES string of the molecule is Cc1cn[nH]c1NS(=O)(=O)CCOc1ccccc1N. The zero-order valence-corrected chi connectivity index (χ0v) is 11.8. The van der Waals surface area contributed by atoms with Crippen LogP contribution >= 0.6 is 0 Å². The number of hydrogen-bond acceptors (Lipinski definition) is 5. The molecule has 0 bridgehead atoms. The summed E-state index contributed by atoms with van der Waals surface area (Å²) in [7, 11) is -3.50. The molecule has 7 nitrogen and oxygen atoms in total. The number of nitrogens with one attached hydrogen (secondary N) is 2. The summed E-state index contributed by atoms with van der Waals surface area (Å²) < 4.78 is 31.5. The van der Waals surface area contributed by atoms with Crippen LogP contribution in [-0.4, -0.2) is 31.0 Å². The lowest BCUT2D eigenvalue weighted by Crippen LogP contribution is -2.22. The molecule has 2 aromatic rings. The fourth-order valence-electron chi connectivity index (χ4n) is 1.53. The van der Waals surface area contributed by atoms with Crippen LogP contribution in [0.3, 0.4) is 0 Å². The number of ether oxygens (including phenoxy) is 1. The Morgan fingerprint density at radius 2 is 2.15 bits per heavy atom. The Kier molecular flexibility index (Phi) is 4.14. The topological polar surface area (TPSA) is 110 Å². The molecule has 1 heterocycles. The van der Waals surface area contributed by atoms with Gasteiger partial charge in [0.25, 0.3) is 0 Å². The maximum Gasteiger partial charge on any atom is 0.237 e. The number of anilines is 2. The predicted molar refractivity (Wildman–Crippen MR) is 77.1 cm³/mol. The molecule has 4 N–H and O–H groups in total. The van der Waals surface area contributed by atoms with Gasteiger partial charge in [0.2, 0.25) is 10.0 Å². The van der Waals surface area contributed by atoms with Gasteiger partial charge in [0.1, 0.15) is 23.9 Å². The van der Waals surface area contributed by atoms with E-state index in [-0.39, 0.29) is 12.4 Å². The molecule has 1 aromatic carbocycles. The number of aromatic amines is 1. The van der Waals surface area contributed by atoms with E-state index in [1.807, 2.05) is 0 Å². The van der Waals surface area contributed by atoms with Gasteiger partial charge in [-0.25, -0.2) is 8.42 Å². The molecular formula is C12H16N4O3S. The Morgan fingerprint density at radius 3 is 2.80 bits per heavy atom. The van der Waals surface area contributed by atoms with E-state index in [4.69, 9.17) is 10.5 Å². The van der Waals surface area contributed by atoms with Crippen molar-refractivity contribution in [1.29, 1.82) is 0 Å². The van der Waals surface area contributed by atoms with Crippen molar-refractivity contribution in [3.63, 3.8) is 0 Å². The van der Waals surface area contributed by atoms with Gasteiger partial charge < -0.3 is 10.5 Å². The van der Waals surface area contributed by atoms with Crippen molar-refractivity contribution in [2.75, 3.05) is 22.8 Å². The lowest BCUT2D eigenvalue weighted by Gasteiger charge is -2.10. The van der Waals surface area contributed by atoms with Gasteiger partial charge in [0.05, 0.1) is 11.9 Å². The number of H-pyrrole nitrogens is 1. The van der Waals surface area contributed by atoms with Gasteiger partial charge in [0.15, 0.2) is 0 Å². The monoisotopic (exact) mass is 296 g/mol. The molecule has 20 heavy (non-hydrogen) atoms. The highest BCUT2D eigenvalue weighted by molar-refractivity contribution is 7.92. The van der Waals surface area contributed by atoms with E-state index in [0.717, 1.165) is 5.56 Å². The van der Waals surface area contributed by atoms with E-state index >= 15 is 0 Å². The average molecular weight is 296 g/mol. The van der Waals surface area contributed by atoms with E-state index < -0.39 is 10.0 Å². The normalized spacial score (nSPS) is 11.2. The Bertz CT molecular complexity index is 682. The van der Waals surface area contributed by atoms with Gasteiger partial charge in [-0.1, -0.05) is 12.1 Å². The van der Waals surface area contributed by atoms with Crippen LogP contribution in [0.15, 0.2) is 30.5 Å². The number of nitrogens with zero attached hydrogens (tertiary/aromatic N) is 1. The number of benzene rings is 1. The first kappa shape index (κ1) is 14.2. The maximum atomic E-state index is 11.9. The molecule has 0 amide bonds. The standard InChI is InChI=1S/C12H16N4O3S/c1-9-8-14-15-12(9)16-20(17,18)7-6-19-11-5-3-2-4-10(11)13/h2-5,8H,6-7,13H2,1H3,(H2,14,15,16). The molecule has 0 atom stereocenters. The Morgan fingerprint density at radius 1 is 1.40 bits per heavy atom. The lowest BCUT2D eigenvalue weighted by molar-refractivity contribution is 0.343. The van der Waals surface area contributed by atoms with Crippen molar-refractivity contribution in [3.05, 3.63) is 36.0 Å². The summed E-state index contributed by atoms with van der Waals surface area (Å²) in [6.45, 7) is 1.76. The van der Waals surface area contributed by atoms with Crippen LogP contribution in [0.1, 0.15) is 5.56 Å². The predicted octanol–water partition coefficient (Wildman–Crippen LogP) is 1.12. The van der Waals surface area contributed by atoms with Crippen LogP contribution in [-0.2, 0) is 10.0 Å². The van der Waals surface area contributed by atoms with Crippen LogP contribution in [0, 0.1) is 6.92 Å². The second-order valence-corrected chi connectivity index (χ2v) is 6.08. The lowest BCUT2D eigenvalue weighted by atomic mass is 10.3. The quantitative estimate of drug-likeness (QED) is 0.692. The van der Waals surface area contributed by atoms with E-state index in [1.54, 1.807) is 37.4 Å². The smallest absolute Gasteiger partial charge is 0.237 e. The molecule has 0 saturated heterocycles.